The lowest BCUT2D eigenvalue weighted by atomic mass is 9.68. The van der Waals surface area contributed by atoms with Crippen LogP contribution in [0.25, 0.3) is 0 Å². The molecule has 0 saturated carbocycles. The summed E-state index contributed by atoms with van der Waals surface area (Å²) < 4.78 is 19.1. The number of pyridine rings is 1. The van der Waals surface area contributed by atoms with Crippen molar-refractivity contribution in [2.24, 2.45) is 0 Å². The number of fused-ring (bicyclic) bond motifs is 1. The maximum Gasteiger partial charge on any atom is 0.142 e. The summed E-state index contributed by atoms with van der Waals surface area (Å²) in [5.41, 5.74) is 3.90. The molecule has 1 aromatic heterocycles. The van der Waals surface area contributed by atoms with E-state index in [0.29, 0.717) is 0 Å². The molecule has 0 radical (unpaired) electrons. The van der Waals surface area contributed by atoms with Gasteiger partial charge >= 0.3 is 0 Å². The van der Waals surface area contributed by atoms with Gasteiger partial charge in [-0.2, -0.15) is 0 Å². The molecule has 4 rings (SSSR count). The average molecular weight is 348 g/mol. The highest BCUT2D eigenvalue weighted by molar-refractivity contribution is 5.69. The summed E-state index contributed by atoms with van der Waals surface area (Å²) >= 11 is 0. The standard InChI is InChI=1S/C22H21FN2O/c1-22(15-9-11-16(23)12-10-15)14-19(18-7-3-4-13-24-18)25-21-17(22)6-5-8-20(21)26-2/h3-13,19,25H,14H2,1-2H3. The van der Waals surface area contributed by atoms with Crippen LogP contribution in [-0.2, 0) is 5.41 Å². The first-order chi connectivity index (χ1) is 12.6. The van der Waals surface area contributed by atoms with Crippen LogP contribution in [0.2, 0.25) is 0 Å². The van der Waals surface area contributed by atoms with Crippen molar-refractivity contribution in [2.75, 3.05) is 12.4 Å². The molecule has 3 aromatic rings. The summed E-state index contributed by atoms with van der Waals surface area (Å²) in [4.78, 5) is 4.54. The van der Waals surface area contributed by atoms with E-state index in [1.54, 1.807) is 7.11 Å². The van der Waals surface area contributed by atoms with Crippen LogP contribution in [0.4, 0.5) is 10.1 Å². The molecule has 0 amide bonds. The molecule has 1 N–H and O–H groups in total. The molecule has 0 aliphatic carbocycles. The molecule has 2 atom stereocenters. The first-order valence-corrected chi connectivity index (χ1v) is 8.73. The zero-order valence-electron chi connectivity index (χ0n) is 14.9. The van der Waals surface area contributed by atoms with Gasteiger partial charge in [0.15, 0.2) is 0 Å². The summed E-state index contributed by atoms with van der Waals surface area (Å²) in [6.45, 7) is 2.20. The second-order valence-corrected chi connectivity index (χ2v) is 6.88. The SMILES string of the molecule is COc1cccc2c1NC(c1ccccn1)CC2(C)c1ccc(F)cc1. The fourth-order valence-electron chi connectivity index (χ4n) is 3.91. The number of anilines is 1. The van der Waals surface area contributed by atoms with Crippen LogP contribution in [0.15, 0.2) is 66.9 Å². The molecule has 1 aliphatic rings. The monoisotopic (exact) mass is 348 g/mol. The lowest BCUT2D eigenvalue weighted by Crippen LogP contribution is -2.35. The molecule has 2 heterocycles. The van der Waals surface area contributed by atoms with Crippen molar-refractivity contribution < 1.29 is 9.13 Å². The van der Waals surface area contributed by atoms with Crippen LogP contribution in [0, 0.1) is 5.82 Å². The molecule has 2 unspecified atom stereocenters. The quantitative estimate of drug-likeness (QED) is 0.716. The minimum Gasteiger partial charge on any atom is -0.495 e. The van der Waals surface area contributed by atoms with E-state index in [1.165, 1.54) is 12.1 Å². The van der Waals surface area contributed by atoms with Gasteiger partial charge in [-0.15, -0.1) is 0 Å². The topological polar surface area (TPSA) is 34.1 Å². The number of ether oxygens (including phenoxy) is 1. The predicted octanol–water partition coefficient (Wildman–Crippen LogP) is 5.09. The maximum absolute atomic E-state index is 13.5. The second-order valence-electron chi connectivity index (χ2n) is 6.88. The summed E-state index contributed by atoms with van der Waals surface area (Å²) in [6.07, 6.45) is 2.62. The maximum atomic E-state index is 13.5. The van der Waals surface area contributed by atoms with Gasteiger partial charge < -0.3 is 10.1 Å². The van der Waals surface area contributed by atoms with E-state index in [1.807, 2.05) is 48.7 Å². The zero-order chi connectivity index (χ0) is 18.1. The van der Waals surface area contributed by atoms with Gasteiger partial charge in [0.25, 0.3) is 0 Å². The van der Waals surface area contributed by atoms with Crippen LogP contribution in [0.3, 0.4) is 0 Å². The van der Waals surface area contributed by atoms with Gasteiger partial charge in [-0.3, -0.25) is 4.98 Å². The highest BCUT2D eigenvalue weighted by atomic mass is 19.1. The number of halogens is 1. The first kappa shape index (κ1) is 16.6. The predicted molar refractivity (Wildman–Crippen MR) is 101 cm³/mol. The van der Waals surface area contributed by atoms with Crippen molar-refractivity contribution in [3.63, 3.8) is 0 Å². The van der Waals surface area contributed by atoms with Crippen molar-refractivity contribution in [1.29, 1.82) is 0 Å². The van der Waals surface area contributed by atoms with Gasteiger partial charge in [0, 0.05) is 11.6 Å². The number of nitrogens with one attached hydrogen (secondary N) is 1. The van der Waals surface area contributed by atoms with Crippen molar-refractivity contribution in [3.05, 3.63) is 89.5 Å². The third-order valence-electron chi connectivity index (χ3n) is 5.30. The summed E-state index contributed by atoms with van der Waals surface area (Å²) in [7, 11) is 1.68. The van der Waals surface area contributed by atoms with Gasteiger partial charge in [-0.1, -0.05) is 37.3 Å². The minimum absolute atomic E-state index is 0.0371. The van der Waals surface area contributed by atoms with E-state index < -0.39 is 0 Å². The Bertz CT molecular complexity index is 911. The third kappa shape index (κ3) is 2.71. The Hall–Kier alpha value is -2.88. The minimum atomic E-state index is -0.287. The van der Waals surface area contributed by atoms with Crippen LogP contribution in [0.5, 0.6) is 5.75 Å². The molecule has 2 aromatic carbocycles. The normalized spacial score (nSPS) is 21.6. The summed E-state index contributed by atoms with van der Waals surface area (Å²) in [5.74, 6) is 0.579. The van der Waals surface area contributed by atoms with Crippen LogP contribution >= 0.6 is 0 Å². The van der Waals surface area contributed by atoms with Crippen LogP contribution in [0.1, 0.15) is 36.2 Å². The molecule has 0 fully saturated rings. The highest BCUT2D eigenvalue weighted by Gasteiger charge is 2.40. The number of rotatable bonds is 3. The summed E-state index contributed by atoms with van der Waals surface area (Å²) in [6, 6.07) is 18.9. The van der Waals surface area contributed by atoms with E-state index in [2.05, 4.69) is 23.3 Å². The number of aromatic nitrogens is 1. The van der Waals surface area contributed by atoms with Crippen molar-refractivity contribution in [3.8, 4) is 5.75 Å². The highest BCUT2D eigenvalue weighted by Crippen LogP contribution is 2.50. The summed E-state index contributed by atoms with van der Waals surface area (Å²) in [5, 5.41) is 3.61. The number of methoxy groups -OCH3 is 1. The largest absolute Gasteiger partial charge is 0.495 e. The molecular weight excluding hydrogens is 327 g/mol. The van der Waals surface area contributed by atoms with Gasteiger partial charge in [-0.05, 0) is 47.9 Å². The smallest absolute Gasteiger partial charge is 0.142 e. The lowest BCUT2D eigenvalue weighted by Gasteiger charge is -2.41. The van der Waals surface area contributed by atoms with Crippen LogP contribution < -0.4 is 10.1 Å². The van der Waals surface area contributed by atoms with Crippen molar-refractivity contribution >= 4 is 5.69 Å². The molecule has 132 valence electrons. The van der Waals surface area contributed by atoms with Crippen LogP contribution in [-0.4, -0.2) is 12.1 Å². The molecular formula is C22H21FN2O. The Morgan fingerprint density at radius 1 is 1.08 bits per heavy atom. The fraction of sp³-hybridized carbons (Fsp3) is 0.227. The lowest BCUT2D eigenvalue weighted by molar-refractivity contribution is 0.403. The van der Waals surface area contributed by atoms with Gasteiger partial charge in [0.2, 0.25) is 0 Å². The average Bonchev–Trinajstić information content (AvgIpc) is 2.68. The fourth-order valence-corrected chi connectivity index (χ4v) is 3.91. The van der Waals surface area contributed by atoms with Crippen molar-refractivity contribution in [1.82, 2.24) is 4.98 Å². The van der Waals surface area contributed by atoms with E-state index in [4.69, 9.17) is 4.74 Å². The van der Waals surface area contributed by atoms with Gasteiger partial charge in [-0.25, -0.2) is 4.39 Å². The molecule has 1 aliphatic heterocycles. The van der Waals surface area contributed by atoms with E-state index in [0.717, 1.165) is 34.7 Å². The first-order valence-electron chi connectivity index (χ1n) is 8.73. The second kappa shape index (κ2) is 6.45. The van der Waals surface area contributed by atoms with E-state index in [9.17, 15) is 4.39 Å². The Kier molecular flexibility index (Phi) is 4.11. The number of para-hydroxylation sites is 1. The Morgan fingerprint density at radius 3 is 2.58 bits per heavy atom. The van der Waals surface area contributed by atoms with E-state index >= 15 is 0 Å². The van der Waals surface area contributed by atoms with E-state index in [-0.39, 0.29) is 17.3 Å². The number of nitrogens with zero attached hydrogens (tertiary/aromatic N) is 1. The molecule has 26 heavy (non-hydrogen) atoms. The van der Waals surface area contributed by atoms with Crippen molar-refractivity contribution in [2.45, 2.75) is 24.8 Å². The molecule has 0 saturated heterocycles. The van der Waals surface area contributed by atoms with Gasteiger partial charge in [0.05, 0.1) is 24.5 Å². The Labute approximate surface area is 152 Å². The molecule has 4 heteroatoms. The zero-order valence-corrected chi connectivity index (χ0v) is 14.9. The Morgan fingerprint density at radius 2 is 1.88 bits per heavy atom. The van der Waals surface area contributed by atoms with Gasteiger partial charge in [0.1, 0.15) is 11.6 Å². The molecule has 3 nitrogen and oxygen atoms in total. The molecule has 0 spiro atoms. The number of hydrogen-bond donors (Lipinski definition) is 1. The number of hydrogen-bond acceptors (Lipinski definition) is 3. The third-order valence-corrected chi connectivity index (χ3v) is 5.30. The molecule has 0 bridgehead atoms. The number of benzene rings is 2. The Balaban J connectivity index is 1.89.